The second-order valence-corrected chi connectivity index (χ2v) is 4.95. The summed E-state index contributed by atoms with van der Waals surface area (Å²) in [6, 6.07) is 6.06. The highest BCUT2D eigenvalue weighted by Gasteiger charge is 2.09. The molecule has 0 radical (unpaired) electrons. The number of aromatic carboxylic acids is 1. The minimum Gasteiger partial charge on any atom is -0.478 e. The zero-order valence-electron chi connectivity index (χ0n) is 11.1. The summed E-state index contributed by atoms with van der Waals surface area (Å²) in [7, 11) is 0. The minimum atomic E-state index is -1.02. The molecule has 0 unspecified atom stereocenters. The van der Waals surface area contributed by atoms with Crippen molar-refractivity contribution in [2.45, 2.75) is 17.0 Å². The fourth-order valence-electron chi connectivity index (χ4n) is 1.45. The maximum Gasteiger partial charge on any atom is 0.335 e. The zero-order chi connectivity index (χ0) is 15.2. The van der Waals surface area contributed by atoms with E-state index < -0.39 is 5.97 Å². The fraction of sp³-hybridized carbons (Fsp3) is 0.154. The zero-order valence-corrected chi connectivity index (χ0v) is 11.9. The Morgan fingerprint density at radius 1 is 1.24 bits per heavy atom. The summed E-state index contributed by atoms with van der Waals surface area (Å²) in [5.41, 5.74) is 0.382. The Bertz CT molecular complexity index is 661. The van der Waals surface area contributed by atoms with Crippen molar-refractivity contribution in [2.75, 3.05) is 6.54 Å². The number of carbonyl (C=O) groups excluding carboxylic acids is 1. The topological polar surface area (TPSA) is 105 Å². The first-order chi connectivity index (χ1) is 10.1. The molecule has 8 heteroatoms. The normalized spacial score (nSPS) is 10.1. The number of nitrogens with zero attached hydrogens (tertiary/aromatic N) is 3. The molecule has 0 saturated carbocycles. The lowest BCUT2D eigenvalue weighted by Gasteiger charge is -2.02. The van der Waals surface area contributed by atoms with Crippen LogP contribution in [0.3, 0.4) is 0 Å². The van der Waals surface area contributed by atoms with Crippen LogP contribution in [0.5, 0.6) is 0 Å². The summed E-state index contributed by atoms with van der Waals surface area (Å²) in [6.07, 6.45) is 1.42. The fourth-order valence-corrected chi connectivity index (χ4v) is 2.18. The van der Waals surface area contributed by atoms with Crippen LogP contribution in [0.15, 0.2) is 40.5 Å². The molecule has 21 heavy (non-hydrogen) atoms. The third-order valence-corrected chi connectivity index (χ3v) is 3.26. The molecule has 0 aliphatic carbocycles. The van der Waals surface area contributed by atoms with Gasteiger partial charge in [0.2, 0.25) is 0 Å². The first-order valence-electron chi connectivity index (χ1n) is 6.09. The summed E-state index contributed by atoms with van der Waals surface area (Å²) in [4.78, 5) is 26.5. The van der Waals surface area contributed by atoms with Crippen LogP contribution in [-0.4, -0.2) is 38.7 Å². The van der Waals surface area contributed by atoms with Crippen LogP contribution in [0.1, 0.15) is 27.8 Å². The Labute approximate surface area is 124 Å². The molecule has 1 amide bonds. The monoisotopic (exact) mass is 304 g/mol. The molecule has 0 fully saturated rings. The number of aromatic nitrogens is 3. The average Bonchev–Trinajstić information content (AvgIpc) is 2.48. The SMILES string of the molecule is CCNC(=O)c1ccc(Sc2cc(C(=O)O)ccn2)nn1. The molecule has 0 aliphatic rings. The number of nitrogens with one attached hydrogen (secondary N) is 1. The van der Waals surface area contributed by atoms with Crippen LogP contribution in [0.25, 0.3) is 0 Å². The molecular formula is C13H12N4O3S. The molecule has 0 atom stereocenters. The van der Waals surface area contributed by atoms with Crippen LogP contribution >= 0.6 is 11.8 Å². The number of carbonyl (C=O) groups is 2. The Morgan fingerprint density at radius 2 is 2.05 bits per heavy atom. The lowest BCUT2D eigenvalue weighted by Crippen LogP contribution is -2.23. The number of carboxylic acid groups (broad SMARTS) is 1. The van der Waals surface area contributed by atoms with E-state index in [9.17, 15) is 9.59 Å². The Kier molecular flexibility index (Phi) is 4.83. The molecule has 0 saturated heterocycles. The maximum atomic E-state index is 11.5. The van der Waals surface area contributed by atoms with Gasteiger partial charge in [-0.1, -0.05) is 0 Å². The Balaban J connectivity index is 2.11. The van der Waals surface area contributed by atoms with E-state index in [0.717, 1.165) is 0 Å². The lowest BCUT2D eigenvalue weighted by molar-refractivity contribution is 0.0696. The highest BCUT2D eigenvalue weighted by Crippen LogP contribution is 2.24. The van der Waals surface area contributed by atoms with Crippen molar-refractivity contribution in [3.05, 3.63) is 41.7 Å². The van der Waals surface area contributed by atoms with E-state index in [-0.39, 0.29) is 17.2 Å². The third kappa shape index (κ3) is 3.99. The van der Waals surface area contributed by atoms with Crippen molar-refractivity contribution < 1.29 is 14.7 Å². The van der Waals surface area contributed by atoms with E-state index in [1.165, 1.54) is 30.1 Å². The summed E-state index contributed by atoms with van der Waals surface area (Å²) in [5, 5.41) is 20.3. The van der Waals surface area contributed by atoms with E-state index in [1.807, 2.05) is 6.92 Å². The third-order valence-electron chi connectivity index (χ3n) is 2.40. The highest BCUT2D eigenvalue weighted by molar-refractivity contribution is 7.99. The highest BCUT2D eigenvalue weighted by atomic mass is 32.2. The van der Waals surface area contributed by atoms with Crippen molar-refractivity contribution in [2.24, 2.45) is 0 Å². The molecule has 2 aromatic rings. The summed E-state index contributed by atoms with van der Waals surface area (Å²) in [5.74, 6) is -1.30. The number of hydrogen-bond acceptors (Lipinski definition) is 6. The number of hydrogen-bond donors (Lipinski definition) is 2. The van der Waals surface area contributed by atoms with Crippen LogP contribution in [0.4, 0.5) is 0 Å². The van der Waals surface area contributed by atoms with Gasteiger partial charge in [-0.25, -0.2) is 9.78 Å². The van der Waals surface area contributed by atoms with Gasteiger partial charge in [0.25, 0.3) is 5.91 Å². The summed E-state index contributed by atoms with van der Waals surface area (Å²) >= 11 is 1.17. The molecular weight excluding hydrogens is 292 g/mol. The largest absolute Gasteiger partial charge is 0.478 e. The van der Waals surface area contributed by atoms with Crippen molar-refractivity contribution in [1.82, 2.24) is 20.5 Å². The minimum absolute atomic E-state index is 0.152. The van der Waals surface area contributed by atoms with Crippen molar-refractivity contribution in [3.8, 4) is 0 Å². The van der Waals surface area contributed by atoms with Crippen molar-refractivity contribution >= 4 is 23.6 Å². The molecule has 0 spiro atoms. The lowest BCUT2D eigenvalue weighted by atomic mass is 10.3. The molecule has 2 heterocycles. The second kappa shape index (κ2) is 6.80. The number of carboxylic acids is 1. The van der Waals surface area contributed by atoms with Gasteiger partial charge in [0, 0.05) is 12.7 Å². The van der Waals surface area contributed by atoms with Gasteiger partial charge in [0.1, 0.15) is 10.1 Å². The molecule has 7 nitrogen and oxygen atoms in total. The number of amides is 1. The Morgan fingerprint density at radius 3 is 2.67 bits per heavy atom. The van der Waals surface area contributed by atoms with Gasteiger partial charge in [-0.3, -0.25) is 4.79 Å². The maximum absolute atomic E-state index is 11.5. The van der Waals surface area contributed by atoms with Crippen LogP contribution < -0.4 is 5.32 Å². The predicted octanol–water partition coefficient (Wildman–Crippen LogP) is 1.47. The first kappa shape index (κ1) is 14.9. The van der Waals surface area contributed by atoms with E-state index in [2.05, 4.69) is 20.5 Å². The van der Waals surface area contributed by atoms with Gasteiger partial charge in [0.15, 0.2) is 5.69 Å². The quantitative estimate of drug-likeness (QED) is 0.861. The van der Waals surface area contributed by atoms with E-state index >= 15 is 0 Å². The van der Waals surface area contributed by atoms with E-state index in [1.54, 1.807) is 12.1 Å². The second-order valence-electron chi connectivity index (χ2n) is 3.91. The molecule has 2 N–H and O–H groups in total. The first-order valence-corrected chi connectivity index (χ1v) is 6.91. The van der Waals surface area contributed by atoms with Crippen molar-refractivity contribution in [3.63, 3.8) is 0 Å². The smallest absolute Gasteiger partial charge is 0.335 e. The van der Waals surface area contributed by atoms with Gasteiger partial charge in [-0.2, -0.15) is 0 Å². The van der Waals surface area contributed by atoms with Crippen LogP contribution in [0, 0.1) is 0 Å². The molecule has 0 bridgehead atoms. The summed E-state index contributed by atoms with van der Waals surface area (Å²) in [6.45, 7) is 2.33. The summed E-state index contributed by atoms with van der Waals surface area (Å²) < 4.78 is 0. The number of rotatable bonds is 5. The standard InChI is InChI=1S/C13H12N4O3S/c1-2-14-12(18)9-3-4-10(17-16-9)21-11-7-8(13(19)20)5-6-15-11/h3-7H,2H2,1H3,(H,14,18)(H,19,20). The molecule has 0 aromatic carbocycles. The van der Waals surface area contributed by atoms with Crippen LogP contribution in [0.2, 0.25) is 0 Å². The van der Waals surface area contributed by atoms with Crippen LogP contribution in [-0.2, 0) is 0 Å². The molecule has 2 rings (SSSR count). The molecule has 2 aromatic heterocycles. The number of pyridine rings is 1. The van der Waals surface area contributed by atoms with Gasteiger partial charge in [0.05, 0.1) is 5.56 Å². The van der Waals surface area contributed by atoms with E-state index in [4.69, 9.17) is 5.11 Å². The van der Waals surface area contributed by atoms with Gasteiger partial charge in [-0.15, -0.1) is 10.2 Å². The van der Waals surface area contributed by atoms with Gasteiger partial charge in [-0.05, 0) is 43.0 Å². The average molecular weight is 304 g/mol. The predicted molar refractivity (Wildman–Crippen MR) is 75.4 cm³/mol. The molecule has 0 aliphatic heterocycles. The van der Waals surface area contributed by atoms with Gasteiger partial charge < -0.3 is 10.4 Å². The van der Waals surface area contributed by atoms with E-state index in [0.29, 0.717) is 16.6 Å². The van der Waals surface area contributed by atoms with Crippen molar-refractivity contribution in [1.29, 1.82) is 0 Å². The Hall–Kier alpha value is -2.48. The molecule has 108 valence electrons. The van der Waals surface area contributed by atoms with Gasteiger partial charge >= 0.3 is 5.97 Å².